The normalized spacial score (nSPS) is 11.7. The van der Waals surface area contributed by atoms with E-state index in [4.69, 9.17) is 14.9 Å². The number of urea groups is 1. The number of ether oxygens (including phenoxy) is 1. The van der Waals surface area contributed by atoms with Crippen LogP contribution in [0.2, 0.25) is 0 Å². The summed E-state index contributed by atoms with van der Waals surface area (Å²) in [5.41, 5.74) is 1.45. The van der Waals surface area contributed by atoms with E-state index in [1.165, 1.54) is 0 Å². The highest BCUT2D eigenvalue weighted by atomic mass is 16.5. The van der Waals surface area contributed by atoms with E-state index in [9.17, 15) is 9.59 Å². The van der Waals surface area contributed by atoms with Crippen molar-refractivity contribution in [3.8, 4) is 0 Å². The molecule has 0 aliphatic carbocycles. The van der Waals surface area contributed by atoms with Gasteiger partial charge < -0.3 is 25.6 Å². The van der Waals surface area contributed by atoms with Gasteiger partial charge in [-0.05, 0) is 18.1 Å². The summed E-state index contributed by atoms with van der Waals surface area (Å²) >= 11 is 0. The number of rotatable bonds is 7. The van der Waals surface area contributed by atoms with Gasteiger partial charge in [-0.15, -0.1) is 0 Å². The van der Waals surface area contributed by atoms with Crippen molar-refractivity contribution in [3.63, 3.8) is 0 Å². The minimum atomic E-state index is -1.33. The van der Waals surface area contributed by atoms with E-state index in [0.717, 1.165) is 5.56 Å². The fraction of sp³-hybridized carbons (Fsp3) is 0.385. The Morgan fingerprint density at radius 2 is 2.05 bits per heavy atom. The molecule has 110 valence electrons. The average Bonchev–Trinajstić information content (AvgIpc) is 2.43. The third-order valence-corrected chi connectivity index (χ3v) is 2.63. The molecule has 0 bridgehead atoms. The molecule has 0 saturated heterocycles. The molecule has 0 fully saturated rings. The Kier molecular flexibility index (Phi) is 6.48. The van der Waals surface area contributed by atoms with Crippen LogP contribution in [0.5, 0.6) is 0 Å². The van der Waals surface area contributed by atoms with E-state index >= 15 is 0 Å². The summed E-state index contributed by atoms with van der Waals surface area (Å²) < 4.78 is 4.98. The van der Waals surface area contributed by atoms with Gasteiger partial charge in [0.2, 0.25) is 0 Å². The molecule has 0 saturated carbocycles. The van der Waals surface area contributed by atoms with Gasteiger partial charge in [0, 0.05) is 12.8 Å². The van der Waals surface area contributed by atoms with Crippen molar-refractivity contribution in [1.29, 1.82) is 0 Å². The number of carbonyl (C=O) groups is 2. The minimum Gasteiger partial charge on any atom is -0.480 e. The largest absolute Gasteiger partial charge is 0.480 e. The molecule has 0 radical (unpaired) electrons. The van der Waals surface area contributed by atoms with Crippen LogP contribution in [-0.2, 0) is 16.0 Å². The highest BCUT2D eigenvalue weighted by Crippen LogP contribution is 2.15. The number of anilines is 1. The molecule has 0 aliphatic rings. The Morgan fingerprint density at radius 1 is 1.35 bits per heavy atom. The number of carbonyl (C=O) groups excluding carboxylic acids is 1. The number of benzene rings is 1. The predicted molar refractivity (Wildman–Crippen MR) is 72.7 cm³/mol. The summed E-state index contributed by atoms with van der Waals surface area (Å²) in [5.74, 6) is -1.30. The second kappa shape index (κ2) is 8.13. The lowest BCUT2D eigenvalue weighted by Gasteiger charge is -2.14. The molecule has 1 atom stereocenters. The van der Waals surface area contributed by atoms with Crippen LogP contribution >= 0.6 is 0 Å². The van der Waals surface area contributed by atoms with Crippen LogP contribution in [0.3, 0.4) is 0 Å². The smallest absolute Gasteiger partial charge is 0.328 e. The molecule has 0 unspecified atom stereocenters. The number of para-hydroxylation sites is 1. The van der Waals surface area contributed by atoms with Gasteiger partial charge in [-0.2, -0.15) is 0 Å². The first-order valence-corrected chi connectivity index (χ1v) is 6.06. The molecule has 0 heterocycles. The van der Waals surface area contributed by atoms with Gasteiger partial charge >= 0.3 is 12.0 Å². The first-order chi connectivity index (χ1) is 9.58. The summed E-state index contributed by atoms with van der Waals surface area (Å²) in [5, 5.41) is 22.3. The number of amides is 2. The van der Waals surface area contributed by atoms with Crippen molar-refractivity contribution >= 4 is 17.7 Å². The summed E-state index contributed by atoms with van der Waals surface area (Å²) in [6.07, 6.45) is 0.620. The van der Waals surface area contributed by atoms with Crippen molar-refractivity contribution in [2.75, 3.05) is 25.6 Å². The number of hydrogen-bond acceptors (Lipinski definition) is 4. The first kappa shape index (κ1) is 15.9. The molecule has 2 amide bonds. The van der Waals surface area contributed by atoms with E-state index in [0.29, 0.717) is 18.7 Å². The zero-order valence-corrected chi connectivity index (χ0v) is 11.1. The van der Waals surface area contributed by atoms with Crippen molar-refractivity contribution in [2.24, 2.45) is 0 Å². The fourth-order valence-electron chi connectivity index (χ4n) is 1.57. The number of aliphatic hydroxyl groups excluding tert-OH is 1. The quantitative estimate of drug-likeness (QED) is 0.580. The Morgan fingerprint density at radius 3 is 2.65 bits per heavy atom. The SMILES string of the molecule is COCCc1ccccc1NC(=O)N[C@H](CO)C(=O)O. The van der Waals surface area contributed by atoms with Gasteiger partial charge in [-0.3, -0.25) is 0 Å². The molecule has 7 nitrogen and oxygen atoms in total. The second-order valence-corrected chi connectivity index (χ2v) is 4.07. The summed E-state index contributed by atoms with van der Waals surface area (Å²) in [7, 11) is 1.58. The van der Waals surface area contributed by atoms with Crippen LogP contribution in [0.15, 0.2) is 24.3 Å². The lowest BCUT2D eigenvalue weighted by Crippen LogP contribution is -2.45. The molecular formula is C13H18N2O5. The van der Waals surface area contributed by atoms with Crippen LogP contribution < -0.4 is 10.6 Å². The predicted octanol–water partition coefficient (Wildman–Crippen LogP) is 0.443. The van der Waals surface area contributed by atoms with E-state index in [1.54, 1.807) is 19.2 Å². The molecule has 7 heteroatoms. The van der Waals surface area contributed by atoms with Crippen molar-refractivity contribution < 1.29 is 24.5 Å². The van der Waals surface area contributed by atoms with Crippen molar-refractivity contribution in [2.45, 2.75) is 12.5 Å². The number of nitrogens with one attached hydrogen (secondary N) is 2. The zero-order valence-electron chi connectivity index (χ0n) is 11.1. The number of methoxy groups -OCH3 is 1. The standard InChI is InChI=1S/C13H18N2O5/c1-20-7-6-9-4-2-3-5-10(9)14-13(19)15-11(8-16)12(17)18/h2-5,11,16H,6-8H2,1H3,(H,17,18)(H2,14,15,19)/t11-/m1/s1. The second-order valence-electron chi connectivity index (χ2n) is 4.07. The monoisotopic (exact) mass is 282 g/mol. The maximum atomic E-state index is 11.7. The van der Waals surface area contributed by atoms with E-state index in [1.807, 2.05) is 12.1 Å². The zero-order chi connectivity index (χ0) is 15.0. The summed E-state index contributed by atoms with van der Waals surface area (Å²) in [6, 6.07) is 5.13. The Hall–Kier alpha value is -2.12. The number of carboxylic acid groups (broad SMARTS) is 1. The van der Waals surface area contributed by atoms with Gasteiger partial charge in [0.15, 0.2) is 6.04 Å². The molecule has 1 aromatic carbocycles. The minimum absolute atomic E-state index is 0.509. The highest BCUT2D eigenvalue weighted by Gasteiger charge is 2.18. The number of aliphatic carboxylic acids is 1. The van der Waals surface area contributed by atoms with E-state index in [2.05, 4.69) is 10.6 Å². The lowest BCUT2D eigenvalue weighted by molar-refractivity contribution is -0.140. The molecule has 4 N–H and O–H groups in total. The van der Waals surface area contributed by atoms with Crippen LogP contribution in [0.4, 0.5) is 10.5 Å². The van der Waals surface area contributed by atoms with E-state index < -0.39 is 24.6 Å². The topological polar surface area (TPSA) is 108 Å². The van der Waals surface area contributed by atoms with Crippen LogP contribution in [0, 0.1) is 0 Å². The molecule has 0 aliphatic heterocycles. The molecular weight excluding hydrogens is 264 g/mol. The molecule has 1 rings (SSSR count). The number of aliphatic hydroxyl groups is 1. The lowest BCUT2D eigenvalue weighted by atomic mass is 10.1. The van der Waals surface area contributed by atoms with Crippen LogP contribution in [0.25, 0.3) is 0 Å². The Labute approximate surface area is 116 Å². The average molecular weight is 282 g/mol. The van der Waals surface area contributed by atoms with Gasteiger partial charge in [0.05, 0.1) is 13.2 Å². The fourth-order valence-corrected chi connectivity index (χ4v) is 1.57. The van der Waals surface area contributed by atoms with E-state index in [-0.39, 0.29) is 0 Å². The Balaban J connectivity index is 2.67. The summed E-state index contributed by atoms with van der Waals surface area (Å²) in [6.45, 7) is -0.164. The Bertz CT molecular complexity index is 464. The van der Waals surface area contributed by atoms with Gasteiger partial charge in [-0.1, -0.05) is 18.2 Å². The summed E-state index contributed by atoms with van der Waals surface area (Å²) in [4.78, 5) is 22.4. The van der Waals surface area contributed by atoms with Crippen LogP contribution in [0.1, 0.15) is 5.56 Å². The molecule has 0 aromatic heterocycles. The third-order valence-electron chi connectivity index (χ3n) is 2.63. The van der Waals surface area contributed by atoms with Gasteiger partial charge in [-0.25, -0.2) is 9.59 Å². The molecule has 20 heavy (non-hydrogen) atoms. The van der Waals surface area contributed by atoms with Crippen molar-refractivity contribution in [3.05, 3.63) is 29.8 Å². The van der Waals surface area contributed by atoms with Gasteiger partial charge in [0.1, 0.15) is 0 Å². The molecule has 1 aromatic rings. The van der Waals surface area contributed by atoms with Crippen molar-refractivity contribution in [1.82, 2.24) is 5.32 Å². The number of hydrogen-bond donors (Lipinski definition) is 4. The van der Waals surface area contributed by atoms with Crippen LogP contribution in [-0.4, -0.2) is 48.6 Å². The van der Waals surface area contributed by atoms with Gasteiger partial charge in [0.25, 0.3) is 0 Å². The first-order valence-electron chi connectivity index (χ1n) is 6.06. The maximum Gasteiger partial charge on any atom is 0.328 e. The number of carboxylic acids is 1. The highest BCUT2D eigenvalue weighted by molar-refractivity contribution is 5.92. The third kappa shape index (κ3) is 4.87. The molecule has 0 spiro atoms. The maximum absolute atomic E-state index is 11.7.